The lowest BCUT2D eigenvalue weighted by Gasteiger charge is -2.12. The number of imidazole rings is 1. The smallest absolute Gasteiger partial charge is 0.164 e. The Labute approximate surface area is 328 Å². The Morgan fingerprint density at radius 1 is 0.333 bits per heavy atom. The van der Waals surface area contributed by atoms with Crippen molar-refractivity contribution in [2.45, 2.75) is 0 Å². The van der Waals surface area contributed by atoms with Crippen LogP contribution < -0.4 is 0 Å². The second-order valence-electron chi connectivity index (χ2n) is 14.2. The van der Waals surface area contributed by atoms with Crippen LogP contribution in [0, 0.1) is 0 Å². The molecule has 6 heteroatoms. The van der Waals surface area contributed by atoms with Crippen LogP contribution in [0.2, 0.25) is 0 Å². The number of rotatable bonds is 6. The van der Waals surface area contributed by atoms with Crippen molar-refractivity contribution in [3.8, 4) is 67.7 Å². The highest BCUT2D eigenvalue weighted by Gasteiger charge is 2.18. The quantitative estimate of drug-likeness (QED) is 0.159. The number of nitrogens with zero attached hydrogens (tertiary/aromatic N) is 6. The third kappa shape index (κ3) is 5.79. The van der Waals surface area contributed by atoms with Crippen LogP contribution in [-0.4, -0.2) is 29.3 Å². The molecule has 0 aliphatic rings. The van der Waals surface area contributed by atoms with Gasteiger partial charge in [-0.05, 0) is 69.4 Å². The summed E-state index contributed by atoms with van der Waals surface area (Å²) in [6, 6.07) is 62.9. The Bertz CT molecular complexity index is 3150. The van der Waals surface area contributed by atoms with Crippen molar-refractivity contribution in [3.63, 3.8) is 0 Å². The van der Waals surface area contributed by atoms with Gasteiger partial charge < -0.3 is 0 Å². The molecule has 0 aliphatic heterocycles. The van der Waals surface area contributed by atoms with E-state index in [1.54, 1.807) is 0 Å². The van der Waals surface area contributed by atoms with E-state index < -0.39 is 0 Å². The summed E-state index contributed by atoms with van der Waals surface area (Å²) in [6.45, 7) is 0. The van der Waals surface area contributed by atoms with Crippen LogP contribution in [0.25, 0.3) is 106 Å². The van der Waals surface area contributed by atoms with E-state index in [-0.39, 0.29) is 0 Å². The number of pyridine rings is 2. The fraction of sp³-hybridized carbons (Fsp3) is 0. The number of hydrogen-bond donors (Lipinski definition) is 0. The highest BCUT2D eigenvalue weighted by Crippen LogP contribution is 2.39. The molecule has 11 rings (SSSR count). The van der Waals surface area contributed by atoms with Gasteiger partial charge in [-0.1, -0.05) is 146 Å². The SMILES string of the molecule is c1ccc(-c2ccc(-c3nc(-c4ccc(-c5ccccc5)cc4)nc(-c4ccc5c(c4)c4cc(-c6ccccn6)ccc4c4nc6ccccn6c54)n3)cc2)cc1. The fourth-order valence-electron chi connectivity index (χ4n) is 7.87. The minimum atomic E-state index is 0.600. The lowest BCUT2D eigenvalue weighted by atomic mass is 9.95. The summed E-state index contributed by atoms with van der Waals surface area (Å²) < 4.78 is 2.18. The average molecular weight is 729 g/mol. The van der Waals surface area contributed by atoms with Crippen molar-refractivity contribution in [1.82, 2.24) is 29.3 Å². The zero-order chi connectivity index (χ0) is 37.7. The highest BCUT2D eigenvalue weighted by molar-refractivity contribution is 6.25. The molecule has 0 amide bonds. The summed E-state index contributed by atoms with van der Waals surface area (Å²) >= 11 is 0. The van der Waals surface area contributed by atoms with Gasteiger partial charge in [0.25, 0.3) is 0 Å². The van der Waals surface area contributed by atoms with Gasteiger partial charge in [0.2, 0.25) is 0 Å². The maximum atomic E-state index is 5.17. The Hall–Kier alpha value is -7.83. The molecule has 4 aromatic heterocycles. The predicted molar refractivity (Wildman–Crippen MR) is 232 cm³/mol. The number of fused-ring (bicyclic) bond motifs is 8. The predicted octanol–water partition coefficient (Wildman–Crippen LogP) is 12.4. The first kappa shape index (κ1) is 32.6. The molecule has 0 unspecified atom stereocenters. The van der Waals surface area contributed by atoms with Crippen LogP contribution in [0.15, 0.2) is 194 Å². The number of benzene rings is 7. The van der Waals surface area contributed by atoms with Crippen molar-refractivity contribution in [3.05, 3.63) is 194 Å². The molecule has 11 aromatic rings. The monoisotopic (exact) mass is 728 g/mol. The normalized spacial score (nSPS) is 11.5. The Kier molecular flexibility index (Phi) is 7.71. The van der Waals surface area contributed by atoms with Gasteiger partial charge in [0.05, 0.1) is 16.7 Å². The summed E-state index contributed by atoms with van der Waals surface area (Å²) in [5.41, 5.74) is 12.2. The highest BCUT2D eigenvalue weighted by atomic mass is 15.0. The Morgan fingerprint density at radius 3 is 1.46 bits per heavy atom. The average Bonchev–Trinajstić information content (AvgIpc) is 3.70. The van der Waals surface area contributed by atoms with E-state index in [1.807, 2.05) is 42.6 Å². The lowest BCUT2D eigenvalue weighted by Crippen LogP contribution is -2.00. The zero-order valence-corrected chi connectivity index (χ0v) is 30.7. The minimum Gasteiger partial charge on any atom is -0.299 e. The second kappa shape index (κ2) is 13.5. The molecule has 0 bridgehead atoms. The molecular formula is C51H32N6. The molecule has 0 saturated heterocycles. The van der Waals surface area contributed by atoms with Crippen LogP contribution in [0.5, 0.6) is 0 Å². The molecule has 0 atom stereocenters. The van der Waals surface area contributed by atoms with Crippen LogP contribution in [0.4, 0.5) is 0 Å². The summed E-state index contributed by atoms with van der Waals surface area (Å²) in [7, 11) is 0. The Morgan fingerprint density at radius 2 is 0.825 bits per heavy atom. The van der Waals surface area contributed by atoms with Crippen LogP contribution in [0.3, 0.4) is 0 Å². The van der Waals surface area contributed by atoms with Gasteiger partial charge in [0.15, 0.2) is 17.5 Å². The van der Waals surface area contributed by atoms with Gasteiger partial charge in [-0.2, -0.15) is 0 Å². The molecule has 0 spiro atoms. The maximum absolute atomic E-state index is 5.17. The lowest BCUT2D eigenvalue weighted by molar-refractivity contribution is 1.07. The molecule has 57 heavy (non-hydrogen) atoms. The van der Waals surface area contributed by atoms with E-state index in [2.05, 4.69) is 161 Å². The molecule has 0 aliphatic carbocycles. The third-order valence-electron chi connectivity index (χ3n) is 10.7. The topological polar surface area (TPSA) is 68.9 Å². The molecule has 0 N–H and O–H groups in total. The molecule has 7 aromatic carbocycles. The molecular weight excluding hydrogens is 697 g/mol. The van der Waals surface area contributed by atoms with Crippen molar-refractivity contribution >= 4 is 38.2 Å². The summed E-state index contributed by atoms with van der Waals surface area (Å²) in [6.07, 6.45) is 3.92. The van der Waals surface area contributed by atoms with E-state index in [0.29, 0.717) is 17.5 Å². The van der Waals surface area contributed by atoms with E-state index in [1.165, 1.54) is 0 Å². The van der Waals surface area contributed by atoms with Gasteiger partial charge in [-0.25, -0.2) is 19.9 Å². The van der Waals surface area contributed by atoms with Gasteiger partial charge in [-0.3, -0.25) is 9.38 Å². The first-order valence-corrected chi connectivity index (χ1v) is 19.0. The minimum absolute atomic E-state index is 0.600. The third-order valence-corrected chi connectivity index (χ3v) is 10.7. The Balaban J connectivity index is 1.12. The van der Waals surface area contributed by atoms with Crippen LogP contribution >= 0.6 is 0 Å². The molecule has 6 nitrogen and oxygen atoms in total. The van der Waals surface area contributed by atoms with Gasteiger partial charge in [-0.15, -0.1) is 0 Å². The van der Waals surface area contributed by atoms with E-state index in [9.17, 15) is 0 Å². The molecule has 0 radical (unpaired) electrons. The summed E-state index contributed by atoms with van der Waals surface area (Å²) in [5.74, 6) is 1.83. The van der Waals surface area contributed by atoms with Gasteiger partial charge >= 0.3 is 0 Å². The van der Waals surface area contributed by atoms with E-state index >= 15 is 0 Å². The summed E-state index contributed by atoms with van der Waals surface area (Å²) in [4.78, 5) is 25.2. The van der Waals surface area contributed by atoms with Crippen LogP contribution in [-0.2, 0) is 0 Å². The van der Waals surface area contributed by atoms with Crippen LogP contribution in [0.1, 0.15) is 0 Å². The number of aromatic nitrogens is 6. The standard InChI is InChI=1S/C51H32N6/c1-3-11-33(12-4-1)35-17-21-37(22-18-35)49-54-50(38-23-19-36(20-24-38)34-13-5-2-6-14-34)56-51(55-49)40-26-28-42-44(32-40)43-31-39(45-15-7-9-29-52-45)25-27-41(43)47-48(42)57-30-10-8-16-46(57)53-47/h1-32H. The number of hydrogen-bond acceptors (Lipinski definition) is 5. The largest absolute Gasteiger partial charge is 0.299 e. The molecule has 266 valence electrons. The van der Waals surface area contributed by atoms with Crippen molar-refractivity contribution in [2.24, 2.45) is 0 Å². The maximum Gasteiger partial charge on any atom is 0.164 e. The summed E-state index contributed by atoms with van der Waals surface area (Å²) in [5, 5.41) is 4.35. The first-order valence-electron chi connectivity index (χ1n) is 19.0. The van der Waals surface area contributed by atoms with Gasteiger partial charge in [0, 0.05) is 45.4 Å². The first-order chi connectivity index (χ1) is 28.2. The van der Waals surface area contributed by atoms with Gasteiger partial charge in [0.1, 0.15) is 5.65 Å². The van der Waals surface area contributed by atoms with Crippen molar-refractivity contribution < 1.29 is 0 Å². The second-order valence-corrected chi connectivity index (χ2v) is 14.2. The zero-order valence-electron chi connectivity index (χ0n) is 30.7. The van der Waals surface area contributed by atoms with Crippen molar-refractivity contribution in [1.29, 1.82) is 0 Å². The van der Waals surface area contributed by atoms with Crippen molar-refractivity contribution in [2.75, 3.05) is 0 Å². The fourth-order valence-corrected chi connectivity index (χ4v) is 7.87. The molecule has 4 heterocycles. The molecule has 0 fully saturated rings. The van der Waals surface area contributed by atoms with E-state index in [4.69, 9.17) is 19.9 Å². The molecule has 0 saturated carbocycles. The van der Waals surface area contributed by atoms with E-state index in [0.717, 1.165) is 88.4 Å².